The Bertz CT molecular complexity index is 582. The van der Waals surface area contributed by atoms with Crippen LogP contribution in [0.15, 0.2) is 24.3 Å². The average molecular weight is 278 g/mol. The van der Waals surface area contributed by atoms with Crippen LogP contribution < -0.4 is 10.1 Å². The van der Waals surface area contributed by atoms with E-state index in [1.54, 1.807) is 13.8 Å². The summed E-state index contributed by atoms with van der Waals surface area (Å²) in [7, 11) is 0. The lowest BCUT2D eigenvalue weighted by atomic mass is 10.3. The maximum Gasteiger partial charge on any atom is 0.258 e. The molecule has 20 heavy (non-hydrogen) atoms. The Morgan fingerprint density at radius 1 is 1.45 bits per heavy atom. The minimum absolute atomic E-state index is 0.153. The van der Waals surface area contributed by atoms with E-state index >= 15 is 0 Å². The lowest BCUT2D eigenvalue weighted by Crippen LogP contribution is -2.31. The second-order valence-electron chi connectivity index (χ2n) is 4.31. The minimum Gasteiger partial charge on any atom is -0.484 e. The number of aryl methyl sites for hydroxylation is 1. The van der Waals surface area contributed by atoms with E-state index in [9.17, 15) is 9.18 Å². The highest BCUT2D eigenvalue weighted by atomic mass is 19.1. The largest absolute Gasteiger partial charge is 0.484 e. The van der Waals surface area contributed by atoms with Crippen LogP contribution in [0.4, 0.5) is 4.39 Å². The summed E-state index contributed by atoms with van der Waals surface area (Å²) in [4.78, 5) is 15.8. The summed E-state index contributed by atoms with van der Waals surface area (Å²) in [6.45, 7) is 3.40. The van der Waals surface area contributed by atoms with Crippen molar-refractivity contribution in [1.29, 1.82) is 0 Å². The van der Waals surface area contributed by atoms with Crippen molar-refractivity contribution in [3.63, 3.8) is 0 Å². The van der Waals surface area contributed by atoms with E-state index in [1.807, 2.05) is 0 Å². The van der Waals surface area contributed by atoms with E-state index in [0.29, 0.717) is 17.4 Å². The first kappa shape index (κ1) is 14.0. The second kappa shape index (κ2) is 6.14. The van der Waals surface area contributed by atoms with Crippen molar-refractivity contribution in [2.75, 3.05) is 6.61 Å². The molecule has 0 fully saturated rings. The molecule has 0 aliphatic rings. The molecular weight excluding hydrogens is 263 g/mol. The lowest BCUT2D eigenvalue weighted by Gasteiger charge is -2.11. The first-order valence-electron chi connectivity index (χ1n) is 6.11. The SMILES string of the molecule is Cc1nc([C@@H](C)NC(=O)COc2ccc(F)cc2)n[nH]1. The van der Waals surface area contributed by atoms with Gasteiger partial charge in [0.15, 0.2) is 12.4 Å². The Balaban J connectivity index is 1.82. The summed E-state index contributed by atoms with van der Waals surface area (Å²) in [6.07, 6.45) is 0. The highest BCUT2D eigenvalue weighted by Gasteiger charge is 2.13. The molecule has 7 heteroatoms. The smallest absolute Gasteiger partial charge is 0.258 e. The zero-order valence-electron chi connectivity index (χ0n) is 11.2. The molecule has 0 radical (unpaired) electrons. The average Bonchev–Trinajstić information content (AvgIpc) is 2.85. The zero-order valence-corrected chi connectivity index (χ0v) is 11.2. The van der Waals surface area contributed by atoms with Crippen LogP contribution in [0, 0.1) is 12.7 Å². The number of carbonyl (C=O) groups is 1. The first-order valence-corrected chi connectivity index (χ1v) is 6.11. The van der Waals surface area contributed by atoms with Gasteiger partial charge in [0.2, 0.25) is 0 Å². The summed E-state index contributed by atoms with van der Waals surface area (Å²) < 4.78 is 17.9. The lowest BCUT2D eigenvalue weighted by molar-refractivity contribution is -0.123. The van der Waals surface area contributed by atoms with Crippen molar-refractivity contribution in [1.82, 2.24) is 20.5 Å². The van der Waals surface area contributed by atoms with Crippen molar-refractivity contribution < 1.29 is 13.9 Å². The second-order valence-corrected chi connectivity index (χ2v) is 4.31. The number of ether oxygens (including phenoxy) is 1. The molecule has 1 atom stereocenters. The maximum absolute atomic E-state index is 12.7. The van der Waals surface area contributed by atoms with Gasteiger partial charge in [0.05, 0.1) is 6.04 Å². The third-order valence-corrected chi connectivity index (χ3v) is 2.56. The number of halogens is 1. The van der Waals surface area contributed by atoms with E-state index in [0.717, 1.165) is 0 Å². The summed E-state index contributed by atoms with van der Waals surface area (Å²) >= 11 is 0. The van der Waals surface area contributed by atoms with E-state index in [2.05, 4.69) is 20.5 Å². The molecule has 1 heterocycles. The van der Waals surface area contributed by atoms with Crippen molar-refractivity contribution in [2.24, 2.45) is 0 Å². The molecule has 1 aromatic carbocycles. The number of aromatic nitrogens is 3. The number of rotatable bonds is 5. The van der Waals surface area contributed by atoms with Gasteiger partial charge >= 0.3 is 0 Å². The number of hydrogen-bond donors (Lipinski definition) is 2. The number of amides is 1. The number of aromatic amines is 1. The van der Waals surface area contributed by atoms with E-state index < -0.39 is 0 Å². The zero-order chi connectivity index (χ0) is 14.5. The third-order valence-electron chi connectivity index (χ3n) is 2.56. The fourth-order valence-electron chi connectivity index (χ4n) is 1.58. The fourth-order valence-corrected chi connectivity index (χ4v) is 1.58. The molecule has 0 saturated carbocycles. The molecule has 0 aliphatic heterocycles. The molecule has 0 aliphatic carbocycles. The molecule has 0 saturated heterocycles. The highest BCUT2D eigenvalue weighted by Crippen LogP contribution is 2.11. The topological polar surface area (TPSA) is 79.9 Å². The van der Waals surface area contributed by atoms with Gasteiger partial charge in [-0.05, 0) is 38.1 Å². The van der Waals surface area contributed by atoms with Crippen LogP contribution in [0.1, 0.15) is 24.6 Å². The van der Waals surface area contributed by atoms with E-state index in [-0.39, 0.29) is 24.4 Å². The van der Waals surface area contributed by atoms with Crippen molar-refractivity contribution >= 4 is 5.91 Å². The van der Waals surface area contributed by atoms with Crippen LogP contribution in [-0.2, 0) is 4.79 Å². The molecule has 2 aromatic rings. The van der Waals surface area contributed by atoms with Crippen LogP contribution in [0.5, 0.6) is 5.75 Å². The molecule has 1 amide bonds. The van der Waals surface area contributed by atoms with Crippen LogP contribution in [0.3, 0.4) is 0 Å². The molecule has 0 unspecified atom stereocenters. The summed E-state index contributed by atoms with van der Waals surface area (Å²) in [5.74, 6) is 0.976. The number of carbonyl (C=O) groups excluding carboxylic acids is 1. The summed E-state index contributed by atoms with van der Waals surface area (Å²) in [5.41, 5.74) is 0. The minimum atomic E-state index is -0.351. The van der Waals surface area contributed by atoms with Crippen LogP contribution in [0.2, 0.25) is 0 Å². The number of hydrogen-bond acceptors (Lipinski definition) is 4. The third kappa shape index (κ3) is 3.78. The normalized spacial score (nSPS) is 11.9. The molecule has 0 spiro atoms. The molecule has 2 N–H and O–H groups in total. The Hall–Kier alpha value is -2.44. The summed E-state index contributed by atoms with van der Waals surface area (Å²) in [6, 6.07) is 5.15. The van der Waals surface area contributed by atoms with Crippen LogP contribution >= 0.6 is 0 Å². The first-order chi connectivity index (χ1) is 9.54. The van der Waals surface area contributed by atoms with Crippen molar-refractivity contribution in [3.05, 3.63) is 41.7 Å². The standard InChI is InChI=1S/C13H15FN4O2/c1-8(13-16-9(2)17-18-13)15-12(19)7-20-11-5-3-10(14)4-6-11/h3-6,8H,7H2,1-2H3,(H,15,19)(H,16,17,18)/t8-/m1/s1. The fraction of sp³-hybridized carbons (Fsp3) is 0.308. The number of nitrogens with zero attached hydrogens (tertiary/aromatic N) is 2. The summed E-state index contributed by atoms with van der Waals surface area (Å²) in [5, 5.41) is 9.38. The molecular formula is C13H15FN4O2. The predicted octanol–water partition coefficient (Wildman–Crippen LogP) is 1.51. The Morgan fingerprint density at radius 2 is 2.15 bits per heavy atom. The van der Waals surface area contributed by atoms with Crippen LogP contribution in [0.25, 0.3) is 0 Å². The van der Waals surface area contributed by atoms with Gasteiger partial charge in [-0.25, -0.2) is 9.37 Å². The van der Waals surface area contributed by atoms with Crippen molar-refractivity contribution in [3.8, 4) is 5.75 Å². The molecule has 6 nitrogen and oxygen atoms in total. The number of benzene rings is 1. The Morgan fingerprint density at radius 3 is 2.75 bits per heavy atom. The van der Waals surface area contributed by atoms with E-state index in [1.165, 1.54) is 24.3 Å². The molecule has 1 aromatic heterocycles. The van der Waals surface area contributed by atoms with Gasteiger partial charge in [-0.2, -0.15) is 5.10 Å². The predicted molar refractivity (Wildman–Crippen MR) is 69.6 cm³/mol. The quantitative estimate of drug-likeness (QED) is 0.868. The van der Waals surface area contributed by atoms with Gasteiger partial charge in [-0.15, -0.1) is 0 Å². The Labute approximate surface area is 115 Å². The Kier molecular flexibility index (Phi) is 4.29. The number of H-pyrrole nitrogens is 1. The molecule has 2 rings (SSSR count). The van der Waals surface area contributed by atoms with Gasteiger partial charge < -0.3 is 10.1 Å². The van der Waals surface area contributed by atoms with Gasteiger partial charge in [-0.1, -0.05) is 0 Å². The molecule has 0 bridgehead atoms. The van der Waals surface area contributed by atoms with Crippen LogP contribution in [-0.4, -0.2) is 27.7 Å². The number of nitrogens with one attached hydrogen (secondary N) is 2. The highest BCUT2D eigenvalue weighted by molar-refractivity contribution is 5.77. The van der Waals surface area contributed by atoms with Gasteiger partial charge in [0.25, 0.3) is 5.91 Å². The maximum atomic E-state index is 12.7. The van der Waals surface area contributed by atoms with Gasteiger partial charge in [-0.3, -0.25) is 9.89 Å². The monoisotopic (exact) mass is 278 g/mol. The van der Waals surface area contributed by atoms with Gasteiger partial charge in [0, 0.05) is 0 Å². The van der Waals surface area contributed by atoms with Crippen molar-refractivity contribution in [2.45, 2.75) is 19.9 Å². The van der Waals surface area contributed by atoms with E-state index in [4.69, 9.17) is 4.74 Å². The van der Waals surface area contributed by atoms with Gasteiger partial charge in [0.1, 0.15) is 17.4 Å². The molecule has 106 valence electrons.